The zero-order valence-electron chi connectivity index (χ0n) is 33.7. The van der Waals surface area contributed by atoms with Gasteiger partial charge < -0.3 is 41.1 Å². The first-order valence-electron chi connectivity index (χ1n) is 20.4. The van der Waals surface area contributed by atoms with Gasteiger partial charge in [-0.3, -0.25) is 19.3 Å². The van der Waals surface area contributed by atoms with E-state index in [2.05, 4.69) is 53.3 Å². The fraction of sp³-hybridized carbons (Fsp3) is 0.400. The van der Waals surface area contributed by atoms with E-state index in [0.717, 1.165) is 54.5 Å². The molecule has 4 atom stereocenters. The number of carbonyl (C=O) groups excluding carboxylic acids is 4. The van der Waals surface area contributed by atoms with Crippen LogP contribution in [0.4, 0.5) is 4.79 Å². The van der Waals surface area contributed by atoms with E-state index in [-0.39, 0.29) is 43.7 Å². The molecule has 0 spiro atoms. The maximum absolute atomic E-state index is 14.2. The third kappa shape index (κ3) is 13.0. The van der Waals surface area contributed by atoms with E-state index in [0.29, 0.717) is 12.1 Å². The van der Waals surface area contributed by atoms with Gasteiger partial charge in [0.15, 0.2) is 0 Å². The summed E-state index contributed by atoms with van der Waals surface area (Å²) in [7, 11) is 0. The minimum Gasteiger partial charge on any atom is -0.445 e. The van der Waals surface area contributed by atoms with Gasteiger partial charge in [-0.15, -0.1) is 0 Å². The minimum absolute atomic E-state index is 0.00386. The highest BCUT2D eigenvalue weighted by molar-refractivity contribution is 5.92. The van der Waals surface area contributed by atoms with Crippen LogP contribution in [0.15, 0.2) is 104 Å². The number of amides is 4. The summed E-state index contributed by atoms with van der Waals surface area (Å²) in [5.41, 5.74) is 4.21. The van der Waals surface area contributed by atoms with Crippen molar-refractivity contribution in [3.63, 3.8) is 0 Å². The standard InChI is InChI=1S/C45H56N8O6/c1-30(2)21-38(41(54)24-42(55)49-34-17-19-53(20-18-34)27-31-11-5-3-6-12-31)50-44(57)40(23-35-26-46-29-48-35)51-43(56)39(22-33-25-47-37-16-10-9-15-36(33)37)52-45(58)59-28-32-13-7-4-8-14-32/h3-16,25-26,29-30,34,38-41,47,54H,17-24,27-28H2,1-2H3,(H,46,48)(H,49,55)(H,50,57)(H,51,56)(H,52,58)/t38-,39-,40+,41-/m0/s1. The minimum atomic E-state index is -1.18. The molecule has 59 heavy (non-hydrogen) atoms. The third-order valence-electron chi connectivity index (χ3n) is 10.6. The second-order valence-corrected chi connectivity index (χ2v) is 15.8. The van der Waals surface area contributed by atoms with Crippen LogP contribution >= 0.6 is 0 Å². The molecular weight excluding hydrogens is 749 g/mol. The Bertz CT molecular complexity index is 2080. The van der Waals surface area contributed by atoms with E-state index in [9.17, 15) is 24.3 Å². The number of aliphatic hydroxyl groups is 1. The summed E-state index contributed by atoms with van der Waals surface area (Å²) >= 11 is 0. The number of H-pyrrole nitrogens is 2. The maximum Gasteiger partial charge on any atom is 0.408 e. The van der Waals surface area contributed by atoms with Crippen molar-refractivity contribution in [2.24, 2.45) is 5.92 Å². The Labute approximate surface area is 344 Å². The van der Waals surface area contributed by atoms with Gasteiger partial charge in [0, 0.05) is 61.8 Å². The van der Waals surface area contributed by atoms with Crippen LogP contribution in [0.2, 0.25) is 0 Å². The van der Waals surface area contributed by atoms with E-state index in [4.69, 9.17) is 4.74 Å². The number of nitrogens with zero attached hydrogens (tertiary/aromatic N) is 2. The Morgan fingerprint density at radius 2 is 1.49 bits per heavy atom. The van der Waals surface area contributed by atoms with Crippen molar-refractivity contribution >= 4 is 34.7 Å². The van der Waals surface area contributed by atoms with Crippen molar-refractivity contribution in [3.8, 4) is 0 Å². The van der Waals surface area contributed by atoms with E-state index >= 15 is 0 Å². The van der Waals surface area contributed by atoms with Crippen molar-refractivity contribution in [2.45, 2.75) is 95.8 Å². The number of rotatable bonds is 19. The molecule has 1 aliphatic heterocycles. The lowest BCUT2D eigenvalue weighted by molar-refractivity contribution is -0.131. The number of aliphatic hydroxyl groups excluding tert-OH is 1. The van der Waals surface area contributed by atoms with Gasteiger partial charge in [-0.25, -0.2) is 9.78 Å². The zero-order chi connectivity index (χ0) is 41.6. The number of hydrogen-bond acceptors (Lipinski definition) is 8. The second-order valence-electron chi connectivity index (χ2n) is 15.8. The van der Waals surface area contributed by atoms with E-state index in [1.807, 2.05) is 86.6 Å². The largest absolute Gasteiger partial charge is 0.445 e. The Morgan fingerprint density at radius 1 is 0.831 bits per heavy atom. The molecule has 4 amide bonds. The quantitative estimate of drug-likeness (QED) is 0.0634. The van der Waals surface area contributed by atoms with E-state index < -0.39 is 42.1 Å². The molecule has 14 nitrogen and oxygen atoms in total. The molecule has 2 aromatic heterocycles. The van der Waals surface area contributed by atoms with Crippen molar-refractivity contribution in [1.82, 2.24) is 41.1 Å². The van der Waals surface area contributed by atoms with Gasteiger partial charge in [-0.05, 0) is 47.9 Å². The highest BCUT2D eigenvalue weighted by Crippen LogP contribution is 2.20. The molecule has 0 unspecified atom stereocenters. The molecule has 0 aliphatic carbocycles. The van der Waals surface area contributed by atoms with Gasteiger partial charge in [-0.1, -0.05) is 92.7 Å². The first-order chi connectivity index (χ1) is 28.6. The number of para-hydroxylation sites is 1. The fourth-order valence-electron chi connectivity index (χ4n) is 7.53. The molecule has 0 radical (unpaired) electrons. The van der Waals surface area contributed by atoms with Crippen molar-refractivity contribution < 1.29 is 29.0 Å². The van der Waals surface area contributed by atoms with Crippen LogP contribution < -0.4 is 21.3 Å². The average molecular weight is 805 g/mol. The molecule has 7 N–H and O–H groups in total. The third-order valence-corrected chi connectivity index (χ3v) is 10.6. The van der Waals surface area contributed by atoms with Gasteiger partial charge in [0.25, 0.3) is 0 Å². The number of carbonyl (C=O) groups is 4. The van der Waals surface area contributed by atoms with Crippen molar-refractivity contribution in [2.75, 3.05) is 13.1 Å². The number of nitrogens with one attached hydrogen (secondary N) is 6. The summed E-state index contributed by atoms with van der Waals surface area (Å²) < 4.78 is 5.48. The topological polar surface area (TPSA) is 194 Å². The number of aromatic amines is 2. The predicted octanol–water partition coefficient (Wildman–Crippen LogP) is 4.52. The summed E-state index contributed by atoms with van der Waals surface area (Å²) in [6.07, 6.45) is 4.84. The number of imidazole rings is 1. The molecule has 0 saturated carbocycles. The van der Waals surface area contributed by atoms with Crippen LogP contribution in [-0.4, -0.2) is 92.1 Å². The Hall–Kier alpha value is -5.99. The molecule has 3 aromatic carbocycles. The van der Waals surface area contributed by atoms with Gasteiger partial charge in [0.2, 0.25) is 17.7 Å². The van der Waals surface area contributed by atoms with Crippen molar-refractivity contribution in [1.29, 1.82) is 0 Å². The molecular formula is C45H56N8O6. The number of benzene rings is 3. The molecule has 1 saturated heterocycles. The van der Waals surface area contributed by atoms with Crippen LogP contribution in [0.25, 0.3) is 10.9 Å². The number of fused-ring (bicyclic) bond motifs is 1. The molecule has 14 heteroatoms. The molecule has 1 aliphatic rings. The summed E-state index contributed by atoms with van der Waals surface area (Å²) in [5, 5.41) is 23.9. The van der Waals surface area contributed by atoms with Crippen molar-refractivity contribution in [3.05, 3.63) is 126 Å². The number of ether oxygens (including phenoxy) is 1. The predicted molar refractivity (Wildman–Crippen MR) is 225 cm³/mol. The number of hydrogen-bond donors (Lipinski definition) is 7. The van der Waals surface area contributed by atoms with Gasteiger partial charge in [0.05, 0.1) is 30.6 Å². The molecule has 312 valence electrons. The zero-order valence-corrected chi connectivity index (χ0v) is 33.7. The second kappa shape index (κ2) is 21.1. The lowest BCUT2D eigenvalue weighted by Gasteiger charge is -2.33. The number of alkyl carbamates (subject to hydrolysis) is 1. The normalized spacial score (nSPS) is 15.5. The maximum atomic E-state index is 14.2. The van der Waals surface area contributed by atoms with Gasteiger partial charge in [-0.2, -0.15) is 0 Å². The summed E-state index contributed by atoms with van der Waals surface area (Å²) in [5.74, 6) is -1.39. The molecule has 0 bridgehead atoms. The molecule has 1 fully saturated rings. The monoisotopic (exact) mass is 804 g/mol. The number of aromatic nitrogens is 3. The van der Waals surface area contributed by atoms with E-state index in [1.165, 1.54) is 11.9 Å². The smallest absolute Gasteiger partial charge is 0.408 e. The van der Waals surface area contributed by atoms with Crippen LogP contribution in [0.3, 0.4) is 0 Å². The first-order valence-corrected chi connectivity index (χ1v) is 20.4. The number of likely N-dealkylation sites (tertiary alicyclic amines) is 1. The highest BCUT2D eigenvalue weighted by Gasteiger charge is 2.32. The van der Waals surface area contributed by atoms with Gasteiger partial charge in [0.1, 0.15) is 18.7 Å². The summed E-state index contributed by atoms with van der Waals surface area (Å²) in [4.78, 5) is 67.5. The van der Waals surface area contributed by atoms with E-state index in [1.54, 1.807) is 12.4 Å². The van der Waals surface area contributed by atoms with Crippen LogP contribution in [0, 0.1) is 5.92 Å². The van der Waals surface area contributed by atoms with Crippen LogP contribution in [0.1, 0.15) is 61.9 Å². The molecule has 5 aromatic rings. The Morgan fingerprint density at radius 3 is 2.19 bits per heavy atom. The molecule has 3 heterocycles. The van der Waals surface area contributed by atoms with Crippen LogP contribution in [0.5, 0.6) is 0 Å². The van der Waals surface area contributed by atoms with Gasteiger partial charge >= 0.3 is 6.09 Å². The highest BCUT2D eigenvalue weighted by atomic mass is 16.5. The molecule has 6 rings (SSSR count). The first kappa shape index (κ1) is 42.6. The SMILES string of the molecule is CC(C)C[C@H](NC(=O)[C@@H](Cc1c[nH]cn1)NC(=O)[C@H](Cc1c[nH]c2ccccc12)NC(=O)OCc1ccccc1)[C@@H](O)CC(=O)NC1CCN(Cc2ccccc2)CC1. The lowest BCUT2D eigenvalue weighted by Crippen LogP contribution is -2.57. The summed E-state index contributed by atoms with van der Waals surface area (Å²) in [6.45, 7) is 6.51. The number of piperidine rings is 1. The Kier molecular flexibility index (Phi) is 15.3. The average Bonchev–Trinajstić information content (AvgIpc) is 3.91. The Balaban J connectivity index is 1.10. The lowest BCUT2D eigenvalue weighted by atomic mass is 9.96. The summed E-state index contributed by atoms with van der Waals surface area (Å²) in [6, 6.07) is 24.1. The fourth-order valence-corrected chi connectivity index (χ4v) is 7.53. The van der Waals surface area contributed by atoms with Crippen LogP contribution in [-0.2, 0) is 45.1 Å².